The molecule has 3 nitrogen and oxygen atoms in total. The van der Waals surface area contributed by atoms with E-state index >= 15 is 0 Å². The van der Waals surface area contributed by atoms with Gasteiger partial charge in [0.25, 0.3) is 0 Å². The summed E-state index contributed by atoms with van der Waals surface area (Å²) < 4.78 is 17.6. The zero-order valence-electron chi connectivity index (χ0n) is 15.4. The van der Waals surface area contributed by atoms with E-state index in [1.54, 1.807) is 0 Å². The molecular weight excluding hydrogens is 332 g/mol. The van der Waals surface area contributed by atoms with Crippen molar-refractivity contribution in [3.8, 4) is 17.2 Å². The molecule has 0 heterocycles. The van der Waals surface area contributed by atoms with E-state index in [1.165, 1.54) is 5.56 Å². The van der Waals surface area contributed by atoms with Gasteiger partial charge in [0.2, 0.25) is 0 Å². The Balaban J connectivity index is 2.25. The lowest BCUT2D eigenvalue weighted by Crippen LogP contribution is -2.09. The smallest absolute Gasteiger partial charge is 0.167 e. The van der Waals surface area contributed by atoms with E-state index < -0.39 is 0 Å². The van der Waals surface area contributed by atoms with Crippen molar-refractivity contribution in [1.82, 2.24) is 0 Å². The van der Waals surface area contributed by atoms with Crippen LogP contribution in [0.3, 0.4) is 0 Å². The van der Waals surface area contributed by atoms with Crippen molar-refractivity contribution in [3.05, 3.63) is 53.1 Å². The van der Waals surface area contributed by atoms with Crippen LogP contribution in [0.1, 0.15) is 43.9 Å². The maximum atomic E-state index is 6.06. The molecule has 0 saturated carbocycles. The van der Waals surface area contributed by atoms with Gasteiger partial charge in [0.1, 0.15) is 23.9 Å². The van der Waals surface area contributed by atoms with E-state index in [4.69, 9.17) is 26.4 Å². The normalized spacial score (nSPS) is 10.4. The molecule has 0 atom stereocenters. The monoisotopic (exact) mass is 358 g/mol. The van der Waals surface area contributed by atoms with Crippen LogP contribution < -0.4 is 14.2 Å². The molecule has 0 aliphatic rings. The molecule has 0 aromatic heterocycles. The van der Waals surface area contributed by atoms with Crippen LogP contribution in [0.2, 0.25) is 0 Å². The highest BCUT2D eigenvalue weighted by molar-refractivity contribution is 7.80. The first-order chi connectivity index (χ1) is 12.1. The molecule has 0 spiro atoms. The second-order valence-corrected chi connectivity index (χ2v) is 6.19. The van der Waals surface area contributed by atoms with Gasteiger partial charge in [-0.3, -0.25) is 0 Å². The fourth-order valence-corrected chi connectivity index (χ4v) is 2.60. The average molecular weight is 359 g/mol. The first-order valence-electron chi connectivity index (χ1n) is 8.76. The Labute approximate surface area is 155 Å². The Morgan fingerprint density at radius 2 is 1.72 bits per heavy atom. The van der Waals surface area contributed by atoms with Crippen molar-refractivity contribution >= 4 is 17.3 Å². The van der Waals surface area contributed by atoms with Gasteiger partial charge in [0.15, 0.2) is 5.05 Å². The number of rotatable bonds is 8. The van der Waals surface area contributed by atoms with Gasteiger partial charge in [0, 0.05) is 6.42 Å². The molecule has 0 unspecified atom stereocenters. The fraction of sp³-hybridized carbons (Fsp3) is 0.381. The Bertz CT molecular complexity index is 725. The molecule has 0 amide bonds. The van der Waals surface area contributed by atoms with Crippen molar-refractivity contribution < 1.29 is 14.2 Å². The Hall–Kier alpha value is -2.07. The van der Waals surface area contributed by atoms with E-state index in [0.717, 1.165) is 29.0 Å². The molecule has 0 N–H and O–H groups in total. The van der Waals surface area contributed by atoms with Crippen molar-refractivity contribution in [2.24, 2.45) is 0 Å². The third-order valence-electron chi connectivity index (χ3n) is 3.92. The molecule has 0 radical (unpaired) electrons. The second kappa shape index (κ2) is 9.42. The predicted molar refractivity (Wildman–Crippen MR) is 106 cm³/mol. The molecule has 0 aliphatic carbocycles. The fourth-order valence-electron chi connectivity index (χ4n) is 2.51. The van der Waals surface area contributed by atoms with Crippen molar-refractivity contribution in [2.45, 2.75) is 47.1 Å². The Kier molecular flexibility index (Phi) is 7.26. The van der Waals surface area contributed by atoms with Gasteiger partial charge in [-0.2, -0.15) is 0 Å². The topological polar surface area (TPSA) is 27.7 Å². The molecule has 0 bridgehead atoms. The van der Waals surface area contributed by atoms with Crippen LogP contribution in [-0.4, -0.2) is 11.7 Å². The highest BCUT2D eigenvalue weighted by Gasteiger charge is 2.14. The molecule has 0 aliphatic heterocycles. The van der Waals surface area contributed by atoms with E-state index in [9.17, 15) is 0 Å². The van der Waals surface area contributed by atoms with Crippen LogP contribution >= 0.6 is 12.2 Å². The van der Waals surface area contributed by atoms with Crippen LogP contribution in [0.25, 0.3) is 0 Å². The van der Waals surface area contributed by atoms with Crippen LogP contribution in [-0.2, 0) is 13.0 Å². The predicted octanol–water partition coefficient (Wildman–Crippen LogP) is 5.65. The van der Waals surface area contributed by atoms with Gasteiger partial charge in [0.05, 0.1) is 12.2 Å². The summed E-state index contributed by atoms with van der Waals surface area (Å²) in [5.41, 5.74) is 3.30. The van der Waals surface area contributed by atoms with Crippen molar-refractivity contribution in [1.29, 1.82) is 0 Å². The van der Waals surface area contributed by atoms with Gasteiger partial charge < -0.3 is 14.2 Å². The molecule has 134 valence electrons. The number of ether oxygens (including phenoxy) is 3. The van der Waals surface area contributed by atoms with Gasteiger partial charge in [-0.15, -0.1) is 0 Å². The van der Waals surface area contributed by atoms with Crippen molar-refractivity contribution in [3.63, 3.8) is 0 Å². The summed E-state index contributed by atoms with van der Waals surface area (Å²) in [5, 5.41) is 0.554. The summed E-state index contributed by atoms with van der Waals surface area (Å²) in [7, 11) is 0. The summed E-state index contributed by atoms with van der Waals surface area (Å²) in [6, 6.07) is 12.0. The maximum Gasteiger partial charge on any atom is 0.167 e. The highest BCUT2D eigenvalue weighted by atomic mass is 32.1. The number of benzene rings is 2. The SMILES string of the molecule is CCOc1cccc(OC(=S)CC)c1COc1ccc(CC)cc1C. The number of aryl methyl sites for hydroxylation is 2. The summed E-state index contributed by atoms with van der Waals surface area (Å²) in [4.78, 5) is 0. The molecule has 2 aromatic carbocycles. The summed E-state index contributed by atoms with van der Waals surface area (Å²) >= 11 is 5.23. The van der Waals surface area contributed by atoms with E-state index in [0.29, 0.717) is 30.4 Å². The minimum absolute atomic E-state index is 0.365. The lowest BCUT2D eigenvalue weighted by Gasteiger charge is -2.17. The third-order valence-corrected chi connectivity index (χ3v) is 4.29. The van der Waals surface area contributed by atoms with Crippen LogP contribution in [0.5, 0.6) is 17.2 Å². The zero-order chi connectivity index (χ0) is 18.2. The average Bonchev–Trinajstić information content (AvgIpc) is 2.62. The van der Waals surface area contributed by atoms with Crippen molar-refractivity contribution in [2.75, 3.05) is 6.61 Å². The van der Waals surface area contributed by atoms with Crippen LogP contribution in [0.4, 0.5) is 0 Å². The Morgan fingerprint density at radius 3 is 2.36 bits per heavy atom. The molecule has 2 rings (SSSR count). The molecule has 0 saturated heterocycles. The number of thiocarbonyl (C=S) groups is 1. The number of hydrogen-bond acceptors (Lipinski definition) is 4. The minimum Gasteiger partial charge on any atom is -0.493 e. The Morgan fingerprint density at radius 1 is 0.960 bits per heavy atom. The van der Waals surface area contributed by atoms with Crippen LogP contribution in [0, 0.1) is 6.92 Å². The lowest BCUT2D eigenvalue weighted by atomic mass is 10.1. The number of hydrogen-bond donors (Lipinski definition) is 0. The van der Waals surface area contributed by atoms with Gasteiger partial charge >= 0.3 is 0 Å². The van der Waals surface area contributed by atoms with Crippen LogP contribution in [0.15, 0.2) is 36.4 Å². The largest absolute Gasteiger partial charge is 0.493 e. The first kappa shape index (κ1) is 19.3. The summed E-state index contributed by atoms with van der Waals surface area (Å²) in [6.07, 6.45) is 1.70. The summed E-state index contributed by atoms with van der Waals surface area (Å²) in [5.74, 6) is 2.33. The van der Waals surface area contributed by atoms with Gasteiger partial charge in [-0.25, -0.2) is 0 Å². The maximum absolute atomic E-state index is 6.06. The molecule has 0 fully saturated rings. The van der Waals surface area contributed by atoms with E-state index in [1.807, 2.05) is 38.1 Å². The van der Waals surface area contributed by atoms with Gasteiger partial charge in [-0.05, 0) is 61.8 Å². The summed E-state index contributed by atoms with van der Waals surface area (Å²) in [6.45, 7) is 9.09. The van der Waals surface area contributed by atoms with Gasteiger partial charge in [-0.1, -0.05) is 32.0 Å². The molecule has 4 heteroatoms. The minimum atomic E-state index is 0.365. The van der Waals surface area contributed by atoms with E-state index in [-0.39, 0.29) is 0 Å². The first-order valence-corrected chi connectivity index (χ1v) is 9.17. The highest BCUT2D eigenvalue weighted by Crippen LogP contribution is 2.31. The molecule has 2 aromatic rings. The van der Waals surface area contributed by atoms with E-state index in [2.05, 4.69) is 26.0 Å². The third kappa shape index (κ3) is 5.20. The molecular formula is C21H26O3S. The quantitative estimate of drug-likeness (QED) is 0.570. The zero-order valence-corrected chi connectivity index (χ0v) is 16.2. The standard InChI is InChI=1S/C21H26O3S/c1-5-16-11-12-18(15(4)13-16)23-14-17-19(22-7-3)9-8-10-20(17)24-21(25)6-2/h8-13H,5-7,14H2,1-4H3. The molecule has 25 heavy (non-hydrogen) atoms. The lowest BCUT2D eigenvalue weighted by molar-refractivity contribution is 0.280. The second-order valence-electron chi connectivity index (χ2n) is 5.74.